The summed E-state index contributed by atoms with van der Waals surface area (Å²) >= 11 is 0. The molecular formula is C23H30F3N3O3. The summed E-state index contributed by atoms with van der Waals surface area (Å²) in [6.07, 6.45) is 0.590. The summed E-state index contributed by atoms with van der Waals surface area (Å²) in [6.45, 7) is 7.88. The number of hydrogen-bond acceptors (Lipinski definition) is 4. The first-order valence-electron chi connectivity index (χ1n) is 10.8. The summed E-state index contributed by atoms with van der Waals surface area (Å²) in [6, 6.07) is 10.1. The highest BCUT2D eigenvalue weighted by Crippen LogP contribution is 2.20. The van der Waals surface area contributed by atoms with Gasteiger partial charge in [0.05, 0.1) is 0 Å². The van der Waals surface area contributed by atoms with Crippen LogP contribution in [0, 0.1) is 5.92 Å². The Morgan fingerprint density at radius 2 is 1.94 bits per heavy atom. The lowest BCUT2D eigenvalue weighted by atomic mass is 9.99. The number of aliphatic carboxylic acids is 1. The van der Waals surface area contributed by atoms with Crippen LogP contribution in [0.15, 0.2) is 35.1 Å². The van der Waals surface area contributed by atoms with Crippen molar-refractivity contribution in [2.24, 2.45) is 5.92 Å². The Balaban J connectivity index is 0.000000451. The minimum absolute atomic E-state index is 0.0671. The van der Waals surface area contributed by atoms with E-state index in [-0.39, 0.29) is 5.56 Å². The molecule has 2 aromatic rings. The number of nitrogens with zero attached hydrogens (tertiary/aromatic N) is 2. The topological polar surface area (TPSA) is 86.3 Å². The molecule has 6 nitrogen and oxygen atoms in total. The smallest absolute Gasteiger partial charge is 0.475 e. The number of unbranched alkanes of at least 4 members (excludes halogenated alkanes) is 1. The third-order valence-corrected chi connectivity index (χ3v) is 5.20. The highest BCUT2D eigenvalue weighted by molar-refractivity contribution is 5.73. The number of carbonyl (C=O) groups is 1. The number of piperidine rings is 1. The van der Waals surface area contributed by atoms with E-state index in [2.05, 4.69) is 53.0 Å². The minimum atomic E-state index is -5.08. The van der Waals surface area contributed by atoms with Crippen LogP contribution in [0.1, 0.15) is 50.8 Å². The van der Waals surface area contributed by atoms with Crippen molar-refractivity contribution in [2.75, 3.05) is 13.1 Å². The van der Waals surface area contributed by atoms with E-state index in [0.29, 0.717) is 5.82 Å². The van der Waals surface area contributed by atoms with Gasteiger partial charge in [-0.15, -0.1) is 0 Å². The van der Waals surface area contributed by atoms with Gasteiger partial charge in [0.25, 0.3) is 5.56 Å². The Morgan fingerprint density at radius 3 is 2.50 bits per heavy atom. The van der Waals surface area contributed by atoms with Gasteiger partial charge >= 0.3 is 12.1 Å². The minimum Gasteiger partial charge on any atom is -0.475 e. The van der Waals surface area contributed by atoms with Gasteiger partial charge in [-0.1, -0.05) is 44.5 Å². The van der Waals surface area contributed by atoms with E-state index in [4.69, 9.17) is 9.90 Å². The summed E-state index contributed by atoms with van der Waals surface area (Å²) in [5.41, 5.74) is 3.11. The number of nitrogens with one attached hydrogen (secondary N) is 1. The van der Waals surface area contributed by atoms with Crippen LogP contribution in [0.25, 0.3) is 11.4 Å². The molecule has 0 radical (unpaired) electrons. The number of carboxylic acid groups (broad SMARTS) is 1. The molecule has 0 aliphatic carbocycles. The summed E-state index contributed by atoms with van der Waals surface area (Å²) in [5.74, 6) is -1.28. The molecule has 1 fully saturated rings. The number of benzene rings is 1. The van der Waals surface area contributed by atoms with Gasteiger partial charge in [-0.3, -0.25) is 9.69 Å². The van der Waals surface area contributed by atoms with E-state index in [9.17, 15) is 18.0 Å². The van der Waals surface area contributed by atoms with E-state index in [0.717, 1.165) is 43.0 Å². The number of aryl methyl sites for hydroxylation is 1. The number of aromatic amines is 1. The number of rotatable bonds is 6. The number of carboxylic acids is 1. The molecule has 1 aromatic carbocycles. The van der Waals surface area contributed by atoms with Crippen molar-refractivity contribution in [1.82, 2.24) is 14.9 Å². The molecule has 0 amide bonds. The number of aromatic nitrogens is 2. The molecule has 32 heavy (non-hydrogen) atoms. The summed E-state index contributed by atoms with van der Waals surface area (Å²) in [7, 11) is 0. The SMILES string of the molecule is CCCCc1cc(=O)[nH]c(-c2ccc(CN3CCCC(C)C3)cc2)n1.O=C(O)C(F)(F)F. The van der Waals surface area contributed by atoms with Crippen molar-refractivity contribution in [3.05, 3.63) is 51.9 Å². The molecule has 2 N–H and O–H groups in total. The number of alkyl halides is 3. The standard InChI is InChI=1S/C21H29N3O.C2HF3O2/c1-3-4-7-19-13-20(25)23-21(22-19)18-10-8-17(9-11-18)15-24-12-5-6-16(2)14-24;3-2(4,5)1(6)7/h8-11,13,16H,3-7,12,14-15H2,1-2H3,(H,22,23,25);(H,6,7). The second-order valence-electron chi connectivity index (χ2n) is 8.17. The maximum absolute atomic E-state index is 11.9. The Labute approximate surface area is 185 Å². The molecule has 176 valence electrons. The zero-order valence-electron chi connectivity index (χ0n) is 18.4. The largest absolute Gasteiger partial charge is 0.490 e. The van der Waals surface area contributed by atoms with Crippen molar-refractivity contribution in [3.8, 4) is 11.4 Å². The van der Waals surface area contributed by atoms with Gasteiger partial charge in [0.2, 0.25) is 0 Å². The average Bonchev–Trinajstić information content (AvgIpc) is 2.72. The molecule has 0 spiro atoms. The van der Waals surface area contributed by atoms with Crippen LogP contribution in [-0.2, 0) is 17.8 Å². The van der Waals surface area contributed by atoms with E-state index in [1.807, 2.05) is 0 Å². The maximum atomic E-state index is 11.9. The normalized spacial score (nSPS) is 16.8. The molecule has 1 saturated heterocycles. The predicted molar refractivity (Wildman–Crippen MR) is 116 cm³/mol. The molecule has 3 rings (SSSR count). The number of H-pyrrole nitrogens is 1. The zero-order chi connectivity index (χ0) is 23.7. The molecule has 9 heteroatoms. The molecule has 1 aliphatic heterocycles. The van der Waals surface area contributed by atoms with Gasteiger partial charge in [0.15, 0.2) is 0 Å². The lowest BCUT2D eigenvalue weighted by molar-refractivity contribution is -0.192. The van der Waals surface area contributed by atoms with E-state index in [1.54, 1.807) is 6.07 Å². The number of halogens is 3. The molecule has 1 aliphatic rings. The van der Waals surface area contributed by atoms with Gasteiger partial charge in [0.1, 0.15) is 5.82 Å². The fourth-order valence-corrected chi connectivity index (χ4v) is 3.59. The van der Waals surface area contributed by atoms with Crippen LogP contribution in [0.2, 0.25) is 0 Å². The molecule has 0 bridgehead atoms. The summed E-state index contributed by atoms with van der Waals surface area (Å²) in [5, 5.41) is 7.12. The molecular weight excluding hydrogens is 423 g/mol. The van der Waals surface area contributed by atoms with E-state index >= 15 is 0 Å². The molecule has 1 atom stereocenters. The van der Waals surface area contributed by atoms with Crippen LogP contribution in [0.3, 0.4) is 0 Å². The van der Waals surface area contributed by atoms with Crippen LogP contribution >= 0.6 is 0 Å². The zero-order valence-corrected chi connectivity index (χ0v) is 18.4. The van der Waals surface area contributed by atoms with Gasteiger partial charge in [-0.25, -0.2) is 9.78 Å². The van der Waals surface area contributed by atoms with Crippen LogP contribution in [0.4, 0.5) is 13.2 Å². The van der Waals surface area contributed by atoms with E-state index < -0.39 is 12.1 Å². The molecule has 1 unspecified atom stereocenters. The number of hydrogen-bond donors (Lipinski definition) is 2. The first kappa shape index (κ1) is 25.6. The average molecular weight is 454 g/mol. The Hall–Kier alpha value is -2.68. The maximum Gasteiger partial charge on any atom is 0.490 e. The third kappa shape index (κ3) is 8.45. The quantitative estimate of drug-likeness (QED) is 0.665. The van der Waals surface area contributed by atoms with E-state index in [1.165, 1.54) is 31.5 Å². The Kier molecular flexibility index (Phi) is 9.43. The summed E-state index contributed by atoms with van der Waals surface area (Å²) < 4.78 is 31.7. The van der Waals surface area contributed by atoms with Crippen LogP contribution in [0.5, 0.6) is 0 Å². The van der Waals surface area contributed by atoms with Gasteiger partial charge in [0, 0.05) is 30.4 Å². The second kappa shape index (κ2) is 11.8. The van der Waals surface area contributed by atoms with Crippen molar-refractivity contribution in [1.29, 1.82) is 0 Å². The van der Waals surface area contributed by atoms with Gasteiger partial charge in [-0.2, -0.15) is 13.2 Å². The monoisotopic (exact) mass is 453 g/mol. The van der Waals surface area contributed by atoms with Crippen molar-refractivity contribution in [2.45, 2.75) is 58.7 Å². The fraction of sp³-hybridized carbons (Fsp3) is 0.522. The Morgan fingerprint density at radius 1 is 1.28 bits per heavy atom. The molecule has 2 heterocycles. The van der Waals surface area contributed by atoms with Crippen molar-refractivity contribution < 1.29 is 23.1 Å². The lowest BCUT2D eigenvalue weighted by Crippen LogP contribution is -2.33. The van der Waals surface area contributed by atoms with Crippen molar-refractivity contribution in [3.63, 3.8) is 0 Å². The van der Waals surface area contributed by atoms with Crippen LogP contribution < -0.4 is 5.56 Å². The second-order valence-corrected chi connectivity index (χ2v) is 8.17. The Bertz CT molecular complexity index is 927. The van der Waals surface area contributed by atoms with Gasteiger partial charge < -0.3 is 10.1 Å². The fourth-order valence-electron chi connectivity index (χ4n) is 3.59. The third-order valence-electron chi connectivity index (χ3n) is 5.20. The number of likely N-dealkylation sites (tertiary alicyclic amines) is 1. The molecule has 0 saturated carbocycles. The highest BCUT2D eigenvalue weighted by Gasteiger charge is 2.38. The summed E-state index contributed by atoms with van der Waals surface area (Å²) in [4.78, 5) is 30.8. The molecule has 1 aromatic heterocycles. The van der Waals surface area contributed by atoms with Gasteiger partial charge in [-0.05, 0) is 43.7 Å². The van der Waals surface area contributed by atoms with Crippen LogP contribution in [-0.4, -0.2) is 45.2 Å². The predicted octanol–water partition coefficient (Wildman–Crippen LogP) is 4.64. The highest BCUT2D eigenvalue weighted by atomic mass is 19.4. The van der Waals surface area contributed by atoms with Crippen molar-refractivity contribution >= 4 is 5.97 Å². The first-order valence-corrected chi connectivity index (χ1v) is 10.8. The lowest BCUT2D eigenvalue weighted by Gasteiger charge is -2.30. The first-order chi connectivity index (χ1) is 15.1.